The molecule has 21 heavy (non-hydrogen) atoms. The maximum Gasteiger partial charge on any atom is 0.277 e. The van der Waals surface area contributed by atoms with Gasteiger partial charge in [-0.3, -0.25) is 4.79 Å². The van der Waals surface area contributed by atoms with Crippen LogP contribution >= 0.6 is 0 Å². The number of anilines is 1. The minimum Gasteiger partial charge on any atom is -0.360 e. The molecule has 0 atom stereocenters. The Morgan fingerprint density at radius 3 is 2.29 bits per heavy atom. The Bertz CT molecular complexity index is 477. The lowest BCUT2D eigenvalue weighted by molar-refractivity contribution is -0.892. The van der Waals surface area contributed by atoms with E-state index in [0.717, 1.165) is 57.8 Å². The van der Waals surface area contributed by atoms with Crippen molar-refractivity contribution in [2.24, 2.45) is 0 Å². The Labute approximate surface area is 125 Å². The van der Waals surface area contributed by atoms with Crippen molar-refractivity contribution >= 4 is 11.6 Å². The Hall–Kier alpha value is -1.62. The highest BCUT2D eigenvalue weighted by atomic mass is 19.1. The van der Waals surface area contributed by atoms with Crippen molar-refractivity contribution in [1.82, 2.24) is 4.90 Å². The van der Waals surface area contributed by atoms with E-state index in [1.54, 1.807) is 0 Å². The second-order valence-electron chi connectivity index (χ2n) is 5.98. The van der Waals surface area contributed by atoms with E-state index in [2.05, 4.69) is 4.90 Å². The Morgan fingerprint density at radius 1 is 1.05 bits per heavy atom. The molecule has 2 saturated heterocycles. The molecule has 2 aliphatic rings. The van der Waals surface area contributed by atoms with Crippen molar-refractivity contribution in [2.75, 3.05) is 50.7 Å². The summed E-state index contributed by atoms with van der Waals surface area (Å²) in [5.41, 5.74) is 1.07. The van der Waals surface area contributed by atoms with Crippen molar-refractivity contribution in [3.05, 3.63) is 30.1 Å². The van der Waals surface area contributed by atoms with E-state index in [0.29, 0.717) is 12.5 Å². The quantitative estimate of drug-likeness (QED) is 0.859. The summed E-state index contributed by atoms with van der Waals surface area (Å²) in [7, 11) is 0. The summed E-state index contributed by atoms with van der Waals surface area (Å²) < 4.78 is 12.9. The summed E-state index contributed by atoms with van der Waals surface area (Å²) in [5, 5.41) is 0. The van der Waals surface area contributed by atoms with Crippen molar-refractivity contribution in [3.8, 4) is 0 Å². The van der Waals surface area contributed by atoms with Crippen LogP contribution in [-0.2, 0) is 4.79 Å². The summed E-state index contributed by atoms with van der Waals surface area (Å²) in [5.74, 6) is 0.108. The summed E-state index contributed by atoms with van der Waals surface area (Å²) in [6.07, 6.45) is 2.30. The van der Waals surface area contributed by atoms with Gasteiger partial charge < -0.3 is 14.7 Å². The third kappa shape index (κ3) is 3.53. The molecule has 5 heteroatoms. The highest BCUT2D eigenvalue weighted by Crippen LogP contribution is 2.14. The van der Waals surface area contributed by atoms with Gasteiger partial charge in [-0.1, -0.05) is 0 Å². The maximum atomic E-state index is 12.9. The van der Waals surface area contributed by atoms with Crippen LogP contribution in [-0.4, -0.2) is 56.6 Å². The zero-order valence-corrected chi connectivity index (χ0v) is 12.4. The van der Waals surface area contributed by atoms with Gasteiger partial charge in [0.15, 0.2) is 6.54 Å². The zero-order valence-electron chi connectivity index (χ0n) is 12.4. The van der Waals surface area contributed by atoms with Gasteiger partial charge in [-0.2, -0.15) is 0 Å². The summed E-state index contributed by atoms with van der Waals surface area (Å²) in [4.78, 5) is 17.8. The van der Waals surface area contributed by atoms with Crippen LogP contribution in [0.4, 0.5) is 10.1 Å². The largest absolute Gasteiger partial charge is 0.360 e. The number of halogens is 1. The maximum absolute atomic E-state index is 12.9. The second kappa shape index (κ2) is 6.43. The van der Waals surface area contributed by atoms with Crippen LogP contribution in [0.15, 0.2) is 24.3 Å². The number of hydrogen-bond donors (Lipinski definition) is 1. The molecule has 4 nitrogen and oxygen atoms in total. The van der Waals surface area contributed by atoms with E-state index in [1.807, 2.05) is 17.0 Å². The van der Waals surface area contributed by atoms with Gasteiger partial charge in [0.05, 0.1) is 26.2 Å². The number of quaternary nitrogens is 1. The number of carbonyl (C=O) groups excluding carboxylic acids is 1. The van der Waals surface area contributed by atoms with Gasteiger partial charge in [0.1, 0.15) is 5.82 Å². The first-order chi connectivity index (χ1) is 10.2. The fraction of sp³-hybridized carbons (Fsp3) is 0.562. The third-order valence-corrected chi connectivity index (χ3v) is 4.52. The normalized spacial score (nSPS) is 20.0. The molecular weight excluding hydrogens is 269 g/mol. The summed E-state index contributed by atoms with van der Waals surface area (Å²) in [6.45, 7) is 6.29. The first-order valence-corrected chi connectivity index (χ1v) is 7.84. The topological polar surface area (TPSA) is 28.0 Å². The van der Waals surface area contributed by atoms with Crippen molar-refractivity contribution in [2.45, 2.75) is 12.8 Å². The molecule has 0 saturated carbocycles. The van der Waals surface area contributed by atoms with Crippen LogP contribution in [0.2, 0.25) is 0 Å². The van der Waals surface area contributed by atoms with E-state index in [9.17, 15) is 9.18 Å². The number of likely N-dealkylation sites (tertiary alicyclic amines) is 1. The number of piperazine rings is 1. The molecule has 114 valence electrons. The Balaban J connectivity index is 1.48. The minimum atomic E-state index is -0.195. The van der Waals surface area contributed by atoms with E-state index in [-0.39, 0.29) is 5.82 Å². The number of nitrogens with zero attached hydrogens (tertiary/aromatic N) is 2. The van der Waals surface area contributed by atoms with Gasteiger partial charge in [0.25, 0.3) is 5.91 Å². The lowest BCUT2D eigenvalue weighted by Gasteiger charge is -2.33. The van der Waals surface area contributed by atoms with Crippen LogP contribution in [0, 0.1) is 5.82 Å². The highest BCUT2D eigenvalue weighted by Gasteiger charge is 2.26. The summed E-state index contributed by atoms with van der Waals surface area (Å²) in [6, 6.07) is 6.67. The second-order valence-corrected chi connectivity index (χ2v) is 5.98. The van der Waals surface area contributed by atoms with Crippen LogP contribution < -0.4 is 9.80 Å². The fourth-order valence-corrected chi connectivity index (χ4v) is 3.20. The molecule has 3 rings (SSSR count). The van der Waals surface area contributed by atoms with Gasteiger partial charge in [-0.15, -0.1) is 0 Å². The van der Waals surface area contributed by atoms with Gasteiger partial charge in [0, 0.05) is 18.8 Å². The predicted molar refractivity (Wildman–Crippen MR) is 80.0 cm³/mol. The molecule has 0 aromatic heterocycles. The molecule has 1 N–H and O–H groups in total. The fourth-order valence-electron chi connectivity index (χ4n) is 3.20. The number of amides is 1. The first-order valence-electron chi connectivity index (χ1n) is 7.84. The molecule has 2 heterocycles. The van der Waals surface area contributed by atoms with Gasteiger partial charge in [0.2, 0.25) is 0 Å². The van der Waals surface area contributed by atoms with E-state index in [4.69, 9.17) is 0 Å². The molecule has 0 spiro atoms. The molecule has 0 bridgehead atoms. The number of nitrogens with one attached hydrogen (secondary N) is 1. The lowest BCUT2D eigenvalue weighted by atomic mass is 10.2. The Morgan fingerprint density at radius 2 is 1.67 bits per heavy atom. The van der Waals surface area contributed by atoms with Crippen molar-refractivity contribution in [1.29, 1.82) is 0 Å². The lowest BCUT2D eigenvalue weighted by Crippen LogP contribution is -3.15. The van der Waals surface area contributed by atoms with Crippen molar-refractivity contribution < 1.29 is 14.1 Å². The molecular formula is C16H23FN3O+. The average molecular weight is 292 g/mol. The molecule has 0 radical (unpaired) electrons. The standard InChI is InChI=1S/C16H22FN3O/c17-14-3-5-15(6-4-14)19-11-9-18(10-12-19)13-16(21)20-7-1-2-8-20/h3-6H,1-2,7-13H2/p+1. The molecule has 0 aliphatic carbocycles. The number of benzene rings is 1. The van der Waals surface area contributed by atoms with Crippen LogP contribution in [0.3, 0.4) is 0 Å². The first kappa shape index (κ1) is 14.3. The molecule has 2 aliphatic heterocycles. The number of carbonyl (C=O) groups is 1. The number of hydrogen-bond acceptors (Lipinski definition) is 2. The molecule has 0 unspecified atom stereocenters. The third-order valence-electron chi connectivity index (χ3n) is 4.52. The van der Waals surface area contributed by atoms with E-state index < -0.39 is 0 Å². The van der Waals surface area contributed by atoms with Gasteiger partial charge in [-0.25, -0.2) is 4.39 Å². The molecule has 2 fully saturated rings. The summed E-state index contributed by atoms with van der Waals surface area (Å²) >= 11 is 0. The molecule has 1 aromatic rings. The van der Waals surface area contributed by atoms with E-state index >= 15 is 0 Å². The SMILES string of the molecule is O=C(C[NH+]1CCN(c2ccc(F)cc2)CC1)N1CCCC1. The van der Waals surface area contributed by atoms with Gasteiger partial charge >= 0.3 is 0 Å². The molecule has 1 amide bonds. The zero-order chi connectivity index (χ0) is 14.7. The van der Waals surface area contributed by atoms with Gasteiger partial charge in [-0.05, 0) is 37.1 Å². The Kier molecular flexibility index (Phi) is 4.39. The van der Waals surface area contributed by atoms with Crippen molar-refractivity contribution in [3.63, 3.8) is 0 Å². The average Bonchev–Trinajstić information content (AvgIpc) is 3.03. The molecule has 1 aromatic carbocycles. The minimum absolute atomic E-state index is 0.195. The smallest absolute Gasteiger partial charge is 0.277 e. The number of rotatable bonds is 3. The van der Waals surface area contributed by atoms with E-state index in [1.165, 1.54) is 17.0 Å². The van der Waals surface area contributed by atoms with Crippen LogP contribution in [0.25, 0.3) is 0 Å². The highest BCUT2D eigenvalue weighted by molar-refractivity contribution is 5.77. The van der Waals surface area contributed by atoms with Crippen LogP contribution in [0.5, 0.6) is 0 Å². The predicted octanol–water partition coefficient (Wildman–Crippen LogP) is 0.153. The monoisotopic (exact) mass is 292 g/mol. The van der Waals surface area contributed by atoms with Crippen LogP contribution in [0.1, 0.15) is 12.8 Å².